The molecule has 2 N–H and O–H groups in total. The Kier molecular flexibility index (Phi) is 7.12. The molecular weight excluding hydrogens is 294 g/mol. The molecule has 1 saturated carbocycles. The Morgan fingerprint density at radius 2 is 1.42 bits per heavy atom. The molecule has 0 radical (unpaired) electrons. The van der Waals surface area contributed by atoms with Gasteiger partial charge < -0.3 is 5.32 Å². The summed E-state index contributed by atoms with van der Waals surface area (Å²) in [6, 6.07) is 7.81. The van der Waals surface area contributed by atoms with Gasteiger partial charge >= 0.3 is 0 Å². The number of nitrogens with one attached hydrogen (secondary N) is 2. The molecule has 1 aliphatic rings. The Balaban J connectivity index is 2.32. The van der Waals surface area contributed by atoms with E-state index in [4.69, 9.17) is 0 Å². The van der Waals surface area contributed by atoms with Crippen LogP contribution in [0.4, 0.5) is 5.69 Å². The fourth-order valence-electron chi connectivity index (χ4n) is 3.87. The van der Waals surface area contributed by atoms with E-state index in [1.165, 1.54) is 48.9 Å². The largest absolute Gasteiger partial charge is 0.380 e. The molecule has 136 valence electrons. The molecule has 2 atom stereocenters. The molecular formula is C21H37N3. The van der Waals surface area contributed by atoms with E-state index < -0.39 is 0 Å². The normalized spacial score (nSPS) is 22.2. The molecule has 3 heteroatoms. The van der Waals surface area contributed by atoms with Crippen molar-refractivity contribution in [2.45, 2.75) is 83.7 Å². The van der Waals surface area contributed by atoms with E-state index in [1.54, 1.807) is 0 Å². The second kappa shape index (κ2) is 8.87. The number of hydrogen-bond donors (Lipinski definition) is 2. The van der Waals surface area contributed by atoms with Crippen LogP contribution in [0.5, 0.6) is 0 Å². The summed E-state index contributed by atoms with van der Waals surface area (Å²) in [5.41, 5.74) is 7.95. The maximum Gasteiger partial charge on any atom is 0.0428 e. The number of nitrogens with zero attached hydrogens (tertiary/aromatic N) is 1. The first-order valence-electron chi connectivity index (χ1n) is 9.73. The Labute approximate surface area is 149 Å². The van der Waals surface area contributed by atoms with Gasteiger partial charge in [-0.1, -0.05) is 65.2 Å². The van der Waals surface area contributed by atoms with E-state index in [9.17, 15) is 0 Å². The zero-order valence-electron chi connectivity index (χ0n) is 16.5. The lowest BCUT2D eigenvalue weighted by Crippen LogP contribution is -2.49. The molecule has 0 spiro atoms. The van der Waals surface area contributed by atoms with E-state index >= 15 is 0 Å². The number of hydrogen-bond acceptors (Lipinski definition) is 3. The van der Waals surface area contributed by atoms with Gasteiger partial charge in [0.2, 0.25) is 0 Å². The van der Waals surface area contributed by atoms with E-state index in [1.807, 2.05) is 0 Å². The number of rotatable bonds is 6. The fraction of sp³-hybridized carbons (Fsp3) is 0.714. The second-order valence-electron chi connectivity index (χ2n) is 8.14. The van der Waals surface area contributed by atoms with Gasteiger partial charge in [-0.15, -0.1) is 0 Å². The van der Waals surface area contributed by atoms with Crippen LogP contribution in [0.2, 0.25) is 0 Å². The molecule has 3 nitrogen and oxygen atoms in total. The molecule has 1 aromatic carbocycles. The molecule has 1 aliphatic carbocycles. The molecule has 2 rings (SSSR count). The van der Waals surface area contributed by atoms with Crippen LogP contribution < -0.4 is 10.7 Å². The molecule has 1 fully saturated rings. The van der Waals surface area contributed by atoms with E-state index in [0.717, 1.165) is 0 Å². The minimum absolute atomic E-state index is 0.493. The van der Waals surface area contributed by atoms with Gasteiger partial charge in [-0.25, -0.2) is 0 Å². The molecule has 0 bridgehead atoms. The second-order valence-corrected chi connectivity index (χ2v) is 8.14. The highest BCUT2D eigenvalue weighted by Crippen LogP contribution is 2.34. The number of para-hydroxylation sites is 1. The van der Waals surface area contributed by atoms with Gasteiger partial charge in [0, 0.05) is 31.9 Å². The molecule has 0 saturated heterocycles. The van der Waals surface area contributed by atoms with Crippen LogP contribution in [0.15, 0.2) is 18.2 Å². The zero-order chi connectivity index (χ0) is 17.7. The quantitative estimate of drug-likeness (QED) is 0.560. The van der Waals surface area contributed by atoms with Gasteiger partial charge in [-0.05, 0) is 35.8 Å². The summed E-state index contributed by atoms with van der Waals surface area (Å²) in [5.74, 6) is 1.08. The predicted octanol–water partition coefficient (Wildman–Crippen LogP) is 5.11. The third-order valence-corrected chi connectivity index (χ3v) is 5.14. The summed E-state index contributed by atoms with van der Waals surface area (Å²) in [4.78, 5) is 0. The third kappa shape index (κ3) is 4.97. The van der Waals surface area contributed by atoms with Gasteiger partial charge in [0.05, 0.1) is 0 Å². The fourth-order valence-corrected chi connectivity index (χ4v) is 3.87. The number of anilines is 1. The molecule has 0 aliphatic heterocycles. The van der Waals surface area contributed by atoms with E-state index in [0.29, 0.717) is 23.9 Å². The first kappa shape index (κ1) is 19.3. The Hall–Kier alpha value is -1.06. The van der Waals surface area contributed by atoms with E-state index in [2.05, 4.69) is 75.7 Å². The van der Waals surface area contributed by atoms with Crippen LogP contribution >= 0.6 is 0 Å². The van der Waals surface area contributed by atoms with Crippen molar-refractivity contribution in [2.75, 3.05) is 19.4 Å². The highest BCUT2D eigenvalue weighted by molar-refractivity contribution is 5.60. The van der Waals surface area contributed by atoms with Crippen molar-refractivity contribution in [3.63, 3.8) is 0 Å². The summed E-state index contributed by atoms with van der Waals surface area (Å²) in [6.45, 7) is 9.20. The maximum absolute atomic E-state index is 3.99. The molecule has 0 amide bonds. The van der Waals surface area contributed by atoms with Crippen LogP contribution in [0, 0.1) is 0 Å². The molecule has 24 heavy (non-hydrogen) atoms. The summed E-state index contributed by atoms with van der Waals surface area (Å²) < 4.78 is 0. The summed E-state index contributed by atoms with van der Waals surface area (Å²) in [7, 11) is 4.20. The first-order valence-corrected chi connectivity index (χ1v) is 9.73. The minimum atomic E-state index is 0.493. The summed E-state index contributed by atoms with van der Waals surface area (Å²) >= 11 is 0. The number of hydrazine groups is 1. The standard InChI is InChI=1S/C21H37N3/c1-15(2)17-11-10-12-18(16(3)4)21(17)22-19-13-8-7-9-14-20(19)23-24(5)6/h10-12,15-16,19-20,22-23H,7-9,13-14H2,1-6H3. The van der Waals surface area contributed by atoms with Crippen molar-refractivity contribution < 1.29 is 0 Å². The van der Waals surface area contributed by atoms with Crippen LogP contribution in [-0.2, 0) is 0 Å². The molecule has 0 aromatic heterocycles. The summed E-state index contributed by atoms with van der Waals surface area (Å²) in [6.07, 6.45) is 6.50. The van der Waals surface area contributed by atoms with Gasteiger partial charge in [-0.2, -0.15) is 0 Å². The van der Waals surface area contributed by atoms with Gasteiger partial charge in [0.15, 0.2) is 0 Å². The van der Waals surface area contributed by atoms with Crippen molar-refractivity contribution in [3.05, 3.63) is 29.3 Å². The Morgan fingerprint density at radius 1 is 0.875 bits per heavy atom. The Morgan fingerprint density at radius 3 is 1.92 bits per heavy atom. The van der Waals surface area contributed by atoms with Crippen LogP contribution in [0.25, 0.3) is 0 Å². The molecule has 0 heterocycles. The monoisotopic (exact) mass is 331 g/mol. The van der Waals surface area contributed by atoms with Crippen molar-refractivity contribution >= 4 is 5.69 Å². The lowest BCUT2D eigenvalue weighted by atomic mass is 9.91. The zero-order valence-corrected chi connectivity index (χ0v) is 16.5. The van der Waals surface area contributed by atoms with E-state index in [-0.39, 0.29) is 0 Å². The predicted molar refractivity (Wildman–Crippen MR) is 106 cm³/mol. The topological polar surface area (TPSA) is 27.3 Å². The van der Waals surface area contributed by atoms with Gasteiger partial charge in [0.1, 0.15) is 0 Å². The SMILES string of the molecule is CC(C)c1cccc(C(C)C)c1NC1CCCCCC1NN(C)C. The third-order valence-electron chi connectivity index (χ3n) is 5.14. The van der Waals surface area contributed by atoms with Crippen LogP contribution in [0.1, 0.15) is 82.8 Å². The number of benzene rings is 1. The average molecular weight is 332 g/mol. The highest BCUT2D eigenvalue weighted by Gasteiger charge is 2.26. The minimum Gasteiger partial charge on any atom is -0.380 e. The van der Waals surface area contributed by atoms with Crippen molar-refractivity contribution in [1.82, 2.24) is 10.4 Å². The van der Waals surface area contributed by atoms with Gasteiger partial charge in [0.25, 0.3) is 0 Å². The van der Waals surface area contributed by atoms with Crippen molar-refractivity contribution in [1.29, 1.82) is 0 Å². The Bertz CT molecular complexity index is 482. The van der Waals surface area contributed by atoms with Gasteiger partial charge in [-0.3, -0.25) is 10.4 Å². The van der Waals surface area contributed by atoms with Crippen LogP contribution in [-0.4, -0.2) is 31.2 Å². The molecule has 1 aromatic rings. The average Bonchev–Trinajstić information content (AvgIpc) is 2.72. The molecule has 2 unspecified atom stereocenters. The van der Waals surface area contributed by atoms with Crippen LogP contribution in [0.3, 0.4) is 0 Å². The maximum atomic E-state index is 3.99. The van der Waals surface area contributed by atoms with Crippen molar-refractivity contribution in [3.8, 4) is 0 Å². The summed E-state index contributed by atoms with van der Waals surface area (Å²) in [5, 5.41) is 6.10. The lowest BCUT2D eigenvalue weighted by molar-refractivity contribution is 0.219. The first-order chi connectivity index (χ1) is 11.4. The highest BCUT2D eigenvalue weighted by atomic mass is 15.5. The lowest BCUT2D eigenvalue weighted by Gasteiger charge is -2.33. The van der Waals surface area contributed by atoms with Crippen molar-refractivity contribution in [2.24, 2.45) is 0 Å². The smallest absolute Gasteiger partial charge is 0.0428 e.